The lowest BCUT2D eigenvalue weighted by Gasteiger charge is -2.26. The lowest BCUT2D eigenvalue weighted by Crippen LogP contribution is -2.59. The fourth-order valence-electron chi connectivity index (χ4n) is 0.925. The van der Waals surface area contributed by atoms with Crippen LogP contribution in [0.4, 0.5) is 30.7 Å². The lowest BCUT2D eigenvalue weighted by molar-refractivity contribution is -0.342. The quantitative estimate of drug-likeness (QED) is 0.265. The van der Waals surface area contributed by atoms with Crippen LogP contribution in [0, 0.1) is 0 Å². The largest absolute Gasteiger partial charge is 0.460 e. The molecule has 0 spiro atoms. The van der Waals surface area contributed by atoms with Crippen molar-refractivity contribution in [2.24, 2.45) is 0 Å². The molecule has 0 amide bonds. The number of aliphatic hydroxyl groups is 1. The van der Waals surface area contributed by atoms with Gasteiger partial charge in [-0.1, -0.05) is 0 Å². The highest BCUT2D eigenvalue weighted by atomic mass is 19.4. The van der Waals surface area contributed by atoms with Crippen LogP contribution in [0.2, 0.25) is 0 Å². The van der Waals surface area contributed by atoms with Gasteiger partial charge in [0.2, 0.25) is 0 Å². The summed E-state index contributed by atoms with van der Waals surface area (Å²) in [6.07, 6.45) is -9.42. The molecule has 0 bridgehead atoms. The second-order valence-corrected chi connectivity index (χ2v) is 3.27. The first-order valence-electron chi connectivity index (χ1n) is 4.73. The summed E-state index contributed by atoms with van der Waals surface area (Å²) in [4.78, 5) is 12.7. The Morgan fingerprint density at radius 1 is 1.25 bits per heavy atom. The van der Waals surface area contributed by atoms with Gasteiger partial charge < -0.3 is 15.4 Å². The molecule has 0 rings (SSSR count). The number of hydrogen-bond donors (Lipinski definition) is 1. The van der Waals surface area contributed by atoms with Gasteiger partial charge in [-0.2, -0.15) is 35.5 Å². The minimum absolute atomic E-state index is 0.436. The number of carbonyl (C=O) groups excluding carboxylic acids is 1. The van der Waals surface area contributed by atoms with Crippen molar-refractivity contribution in [2.45, 2.75) is 31.2 Å². The zero-order valence-corrected chi connectivity index (χ0v) is 9.59. The maximum Gasteiger partial charge on any atom is 0.460 e. The van der Waals surface area contributed by atoms with Crippen molar-refractivity contribution in [3.05, 3.63) is 5.53 Å². The lowest BCUT2D eigenvalue weighted by atomic mass is 10.0. The van der Waals surface area contributed by atoms with E-state index in [4.69, 9.17) is 10.6 Å². The van der Waals surface area contributed by atoms with Crippen LogP contribution in [0.25, 0.3) is 5.53 Å². The highest BCUT2D eigenvalue weighted by Gasteiger charge is 2.78. The molecule has 12 heteroatoms. The minimum atomic E-state index is -6.73. The molecule has 0 aromatic rings. The Labute approximate surface area is 106 Å². The molecule has 5 nitrogen and oxygen atoms in total. The molecule has 0 fully saturated rings. The second kappa shape index (κ2) is 5.85. The fourth-order valence-corrected chi connectivity index (χ4v) is 0.925. The fraction of sp³-hybridized carbons (Fsp3) is 0.750. The summed E-state index contributed by atoms with van der Waals surface area (Å²) in [6.45, 7) is 0.736. The number of Topliss-reactive ketones (excluding diaryl/α,β-unsaturated/α-hetero) is 1. The average molecular weight is 312 g/mol. The number of hydrogen-bond acceptors (Lipinski definition) is 3. The molecule has 0 aromatic heterocycles. The third-order valence-corrected chi connectivity index (χ3v) is 1.93. The number of ketones is 1. The number of ether oxygens (including phenoxy) is 1. The first-order chi connectivity index (χ1) is 8.84. The van der Waals surface area contributed by atoms with Crippen LogP contribution in [0.15, 0.2) is 0 Å². The molecule has 0 heterocycles. The molecular weight excluding hydrogens is 305 g/mol. The second-order valence-electron chi connectivity index (χ2n) is 3.27. The maximum atomic E-state index is 13.0. The topological polar surface area (TPSA) is 82.9 Å². The van der Waals surface area contributed by atoms with Gasteiger partial charge in [0.25, 0.3) is 6.29 Å². The highest BCUT2D eigenvalue weighted by Crippen LogP contribution is 2.47. The van der Waals surface area contributed by atoms with Gasteiger partial charge in [0, 0.05) is 6.61 Å². The monoisotopic (exact) mass is 312 g/mol. The van der Waals surface area contributed by atoms with Gasteiger partial charge in [-0.05, 0) is 6.92 Å². The average Bonchev–Trinajstić information content (AvgIpc) is 2.28. The summed E-state index contributed by atoms with van der Waals surface area (Å²) < 4.78 is 90.6. The molecule has 116 valence electrons. The Bertz CT molecular complexity index is 428. The maximum absolute atomic E-state index is 13.0. The summed E-state index contributed by atoms with van der Waals surface area (Å²) in [6, 6.07) is 0. The normalized spacial score (nSPS) is 14.7. The van der Waals surface area contributed by atoms with E-state index in [1.165, 1.54) is 6.92 Å². The summed E-state index contributed by atoms with van der Waals surface area (Å²) in [5.41, 5.74) is 6.11. The van der Waals surface area contributed by atoms with E-state index in [2.05, 4.69) is 4.74 Å². The van der Waals surface area contributed by atoms with Gasteiger partial charge in [0.05, 0.1) is 0 Å². The number of halogens is 7. The van der Waals surface area contributed by atoms with E-state index < -0.39 is 42.4 Å². The van der Waals surface area contributed by atoms with Crippen LogP contribution in [0.5, 0.6) is 0 Å². The third kappa shape index (κ3) is 3.14. The molecule has 0 radical (unpaired) electrons. The van der Waals surface area contributed by atoms with E-state index in [-0.39, 0.29) is 0 Å². The van der Waals surface area contributed by atoms with E-state index in [9.17, 15) is 35.5 Å². The van der Waals surface area contributed by atoms with Crippen molar-refractivity contribution in [1.82, 2.24) is 0 Å². The Morgan fingerprint density at radius 2 is 1.70 bits per heavy atom. The first kappa shape index (κ1) is 18.5. The van der Waals surface area contributed by atoms with Crippen molar-refractivity contribution in [2.75, 3.05) is 6.61 Å². The van der Waals surface area contributed by atoms with E-state index in [0.29, 0.717) is 0 Å². The third-order valence-electron chi connectivity index (χ3n) is 1.93. The van der Waals surface area contributed by atoms with E-state index in [0.717, 1.165) is 0 Å². The van der Waals surface area contributed by atoms with Crippen molar-refractivity contribution in [1.29, 1.82) is 0 Å². The smallest absolute Gasteiger partial charge is 0.361 e. The van der Waals surface area contributed by atoms with Gasteiger partial charge in [-0.15, -0.1) is 0 Å². The van der Waals surface area contributed by atoms with Crippen molar-refractivity contribution in [3.63, 3.8) is 0 Å². The number of carbonyl (C=O) groups is 1. The number of rotatable bonds is 6. The molecule has 0 aromatic carbocycles. The summed E-state index contributed by atoms with van der Waals surface area (Å²) in [5.74, 6) is -16.2. The minimum Gasteiger partial charge on any atom is -0.361 e. The summed E-state index contributed by atoms with van der Waals surface area (Å²) in [7, 11) is 0. The molecule has 1 N–H and O–H groups in total. The van der Waals surface area contributed by atoms with Gasteiger partial charge >= 0.3 is 29.5 Å². The van der Waals surface area contributed by atoms with E-state index >= 15 is 0 Å². The Kier molecular flexibility index (Phi) is 5.41. The first-order valence-corrected chi connectivity index (χ1v) is 4.73. The Morgan fingerprint density at radius 3 is 2.00 bits per heavy atom. The molecule has 0 aliphatic heterocycles. The summed E-state index contributed by atoms with van der Waals surface area (Å²) in [5, 5.41) is 8.92. The number of alkyl halides is 7. The van der Waals surface area contributed by atoms with Crippen LogP contribution in [-0.2, 0) is 9.53 Å². The Balaban J connectivity index is 5.63. The number of nitrogens with zero attached hydrogens (tertiary/aromatic N) is 2. The molecule has 1 unspecified atom stereocenters. The molecule has 0 aliphatic carbocycles. The Hall–Kier alpha value is -1.52. The van der Waals surface area contributed by atoms with Crippen molar-refractivity contribution in [3.8, 4) is 0 Å². The zero-order valence-electron chi connectivity index (χ0n) is 9.59. The number of aliphatic hydroxyl groups excluding tert-OH is 1. The molecule has 0 aliphatic rings. The predicted octanol–water partition coefficient (Wildman–Crippen LogP) is 1.41. The molecule has 20 heavy (non-hydrogen) atoms. The van der Waals surface area contributed by atoms with Gasteiger partial charge in [-0.25, -0.2) is 0 Å². The van der Waals surface area contributed by atoms with Crippen LogP contribution in [0.3, 0.4) is 0 Å². The van der Waals surface area contributed by atoms with Crippen LogP contribution in [0.1, 0.15) is 6.92 Å². The standard InChI is InChI=1S/C8H7F7N2O3/c1-2-20-5(19)3(17-16)4(18)6(9,10)7(11,12)8(13,14)15/h5,19H,2H2,1H3. The molecule has 0 saturated heterocycles. The van der Waals surface area contributed by atoms with Gasteiger partial charge in [0.1, 0.15) is 0 Å². The van der Waals surface area contributed by atoms with E-state index in [1.807, 2.05) is 0 Å². The van der Waals surface area contributed by atoms with Gasteiger partial charge in [0.15, 0.2) is 0 Å². The van der Waals surface area contributed by atoms with Crippen molar-refractivity contribution < 1.29 is 50.2 Å². The summed E-state index contributed by atoms with van der Waals surface area (Å²) >= 11 is 0. The predicted molar refractivity (Wildman–Crippen MR) is 47.2 cm³/mol. The zero-order chi connectivity index (χ0) is 16.4. The van der Waals surface area contributed by atoms with Crippen molar-refractivity contribution >= 4 is 11.5 Å². The SMILES string of the molecule is CCOC(O)C(=[N+]=[N-])C(=O)C(F)(F)C(F)(F)C(F)(F)F. The molecular formula is C8H7F7N2O3. The van der Waals surface area contributed by atoms with Crippen LogP contribution < -0.4 is 0 Å². The highest BCUT2D eigenvalue weighted by molar-refractivity contribution is 6.41. The van der Waals surface area contributed by atoms with Crippen LogP contribution in [-0.4, -0.2) is 52.3 Å². The van der Waals surface area contributed by atoms with Crippen LogP contribution >= 0.6 is 0 Å². The van der Waals surface area contributed by atoms with Gasteiger partial charge in [-0.3, -0.25) is 4.79 Å². The van der Waals surface area contributed by atoms with E-state index in [1.54, 1.807) is 4.79 Å². The molecule has 1 atom stereocenters. The molecule has 0 saturated carbocycles.